The van der Waals surface area contributed by atoms with Crippen LogP contribution in [0.5, 0.6) is 11.5 Å². The molecule has 2 N–H and O–H groups in total. The summed E-state index contributed by atoms with van der Waals surface area (Å²) in [5.41, 5.74) is 8.20. The molecule has 0 radical (unpaired) electrons. The molecule has 1 atom stereocenters. The molecule has 0 spiro atoms. The fourth-order valence-corrected chi connectivity index (χ4v) is 3.46. The summed E-state index contributed by atoms with van der Waals surface area (Å²) in [5, 5.41) is 9.57. The molecule has 0 aliphatic carbocycles. The molecule has 0 fully saturated rings. The minimum atomic E-state index is -0.580. The third-order valence-electron chi connectivity index (χ3n) is 4.80. The minimum Gasteiger partial charge on any atom is -0.440 e. The number of nitriles is 1. The van der Waals surface area contributed by atoms with Crippen LogP contribution in [0.25, 0.3) is 0 Å². The first-order chi connectivity index (χ1) is 14.5. The molecule has 1 heterocycles. The number of fused-ring (bicyclic) bond motifs is 1. The second-order valence-corrected chi connectivity index (χ2v) is 6.82. The summed E-state index contributed by atoms with van der Waals surface area (Å²) >= 11 is 0. The van der Waals surface area contributed by atoms with E-state index < -0.39 is 17.7 Å². The molecule has 5 nitrogen and oxygen atoms in total. The second-order valence-electron chi connectivity index (χ2n) is 6.82. The third kappa shape index (κ3) is 3.87. The van der Waals surface area contributed by atoms with E-state index in [1.54, 1.807) is 30.3 Å². The Kier molecular flexibility index (Phi) is 5.19. The fraction of sp³-hybridized carbons (Fsp3) is 0.0833. The lowest BCUT2D eigenvalue weighted by Gasteiger charge is -2.26. The molecule has 3 aromatic rings. The number of nitrogens with two attached hydrogens (primary N) is 1. The quantitative estimate of drug-likeness (QED) is 0.524. The number of hydrogen-bond donors (Lipinski definition) is 1. The number of allylic oxidation sites excluding steroid dienone is 1. The van der Waals surface area contributed by atoms with Gasteiger partial charge in [-0.2, -0.15) is 5.26 Å². The highest BCUT2D eigenvalue weighted by Gasteiger charge is 2.31. The Morgan fingerprint density at radius 2 is 1.90 bits per heavy atom. The van der Waals surface area contributed by atoms with E-state index in [9.17, 15) is 14.4 Å². The monoisotopic (exact) mass is 400 g/mol. The van der Waals surface area contributed by atoms with Gasteiger partial charge in [-0.25, -0.2) is 4.39 Å². The molecular formula is C24H17FN2O3. The van der Waals surface area contributed by atoms with Crippen molar-refractivity contribution in [1.29, 1.82) is 5.26 Å². The molecule has 0 bridgehead atoms. The van der Waals surface area contributed by atoms with E-state index >= 15 is 0 Å². The highest BCUT2D eigenvalue weighted by atomic mass is 19.1. The van der Waals surface area contributed by atoms with Gasteiger partial charge in [0.25, 0.3) is 0 Å². The molecule has 30 heavy (non-hydrogen) atoms. The van der Waals surface area contributed by atoms with Crippen LogP contribution < -0.4 is 15.2 Å². The molecule has 6 heteroatoms. The van der Waals surface area contributed by atoms with Gasteiger partial charge in [0, 0.05) is 11.6 Å². The third-order valence-corrected chi connectivity index (χ3v) is 4.80. The lowest BCUT2D eigenvalue weighted by Crippen LogP contribution is -2.21. The maximum Gasteiger partial charge on any atom is 0.315 e. The molecule has 4 rings (SSSR count). The number of esters is 1. The Bertz CT molecular complexity index is 1180. The minimum absolute atomic E-state index is 0.0629. The van der Waals surface area contributed by atoms with Crippen molar-refractivity contribution in [3.63, 3.8) is 0 Å². The maximum absolute atomic E-state index is 13.8. The van der Waals surface area contributed by atoms with Crippen LogP contribution >= 0.6 is 0 Å². The predicted octanol–water partition coefficient (Wildman–Crippen LogP) is 4.19. The van der Waals surface area contributed by atoms with Gasteiger partial charge in [-0.05, 0) is 29.3 Å². The van der Waals surface area contributed by atoms with Gasteiger partial charge in [0.05, 0.1) is 12.3 Å². The highest BCUT2D eigenvalue weighted by Crippen LogP contribution is 2.43. The lowest BCUT2D eigenvalue weighted by molar-refractivity contribution is -0.133. The van der Waals surface area contributed by atoms with E-state index in [4.69, 9.17) is 15.2 Å². The van der Waals surface area contributed by atoms with Gasteiger partial charge in [-0.3, -0.25) is 4.79 Å². The van der Waals surface area contributed by atoms with Crippen LogP contribution in [0.1, 0.15) is 22.6 Å². The van der Waals surface area contributed by atoms with E-state index in [2.05, 4.69) is 6.07 Å². The number of benzene rings is 3. The molecule has 0 saturated carbocycles. The molecule has 0 amide bonds. The molecule has 1 unspecified atom stereocenters. The standard InChI is InChI=1S/C24H17FN2O3/c25-17-8-4-7-16(12-17)23-19-10-9-18(13-21(19)30-24(27)20(23)14-26)29-22(28)11-15-5-2-1-3-6-15/h1-10,12-13,23H,11,27H2. The Balaban J connectivity index is 1.64. The first-order valence-corrected chi connectivity index (χ1v) is 9.27. The summed E-state index contributed by atoms with van der Waals surface area (Å²) in [4.78, 5) is 12.3. The highest BCUT2D eigenvalue weighted by molar-refractivity contribution is 5.75. The average molecular weight is 400 g/mol. The summed E-state index contributed by atoms with van der Waals surface area (Å²) in [6.07, 6.45) is 0.130. The normalized spacial score (nSPS) is 15.0. The number of halogens is 1. The number of carbonyl (C=O) groups is 1. The number of ether oxygens (including phenoxy) is 2. The largest absolute Gasteiger partial charge is 0.440 e. The van der Waals surface area contributed by atoms with Crippen molar-refractivity contribution in [2.45, 2.75) is 12.3 Å². The molecule has 148 valence electrons. The summed E-state index contributed by atoms with van der Waals surface area (Å²) in [5.74, 6) is -0.829. The zero-order valence-electron chi connectivity index (χ0n) is 15.8. The molecule has 0 saturated heterocycles. The van der Waals surface area contributed by atoms with Crippen molar-refractivity contribution < 1.29 is 18.7 Å². The van der Waals surface area contributed by atoms with E-state index in [1.807, 2.05) is 30.3 Å². The topological polar surface area (TPSA) is 85.3 Å². The summed E-state index contributed by atoms with van der Waals surface area (Å²) in [7, 11) is 0. The molecule has 0 aromatic heterocycles. The van der Waals surface area contributed by atoms with Gasteiger partial charge in [-0.15, -0.1) is 0 Å². The first-order valence-electron chi connectivity index (χ1n) is 9.27. The molecule has 1 aliphatic rings. The van der Waals surface area contributed by atoms with E-state index in [0.29, 0.717) is 22.6 Å². The van der Waals surface area contributed by atoms with Crippen molar-refractivity contribution in [1.82, 2.24) is 0 Å². The van der Waals surface area contributed by atoms with Crippen LogP contribution in [0.4, 0.5) is 4.39 Å². The van der Waals surface area contributed by atoms with E-state index in [-0.39, 0.29) is 17.9 Å². The number of nitrogens with zero attached hydrogens (tertiary/aromatic N) is 1. The smallest absolute Gasteiger partial charge is 0.315 e. The maximum atomic E-state index is 13.8. The van der Waals surface area contributed by atoms with Crippen molar-refractivity contribution in [2.75, 3.05) is 0 Å². The van der Waals surface area contributed by atoms with Gasteiger partial charge in [-0.1, -0.05) is 48.5 Å². The summed E-state index contributed by atoms with van der Waals surface area (Å²) in [6, 6.07) is 22.2. The Hall–Kier alpha value is -4.11. The van der Waals surface area contributed by atoms with Crippen LogP contribution in [-0.2, 0) is 11.2 Å². The van der Waals surface area contributed by atoms with Crippen molar-refractivity contribution >= 4 is 5.97 Å². The van der Waals surface area contributed by atoms with Gasteiger partial charge < -0.3 is 15.2 Å². The van der Waals surface area contributed by atoms with Crippen LogP contribution in [0.3, 0.4) is 0 Å². The molecular weight excluding hydrogens is 383 g/mol. The number of carbonyl (C=O) groups excluding carboxylic acids is 1. The zero-order chi connectivity index (χ0) is 21.1. The Labute approximate surface area is 172 Å². The van der Waals surface area contributed by atoms with E-state index in [1.165, 1.54) is 12.1 Å². The molecule has 1 aliphatic heterocycles. The van der Waals surface area contributed by atoms with Gasteiger partial charge in [0.15, 0.2) is 0 Å². The summed E-state index contributed by atoms with van der Waals surface area (Å²) < 4.78 is 24.8. The Morgan fingerprint density at radius 3 is 2.63 bits per heavy atom. The number of hydrogen-bond acceptors (Lipinski definition) is 5. The van der Waals surface area contributed by atoms with Crippen molar-refractivity contribution in [3.8, 4) is 17.6 Å². The van der Waals surface area contributed by atoms with Crippen LogP contribution in [0.15, 0.2) is 84.3 Å². The van der Waals surface area contributed by atoms with Crippen LogP contribution in [0.2, 0.25) is 0 Å². The Morgan fingerprint density at radius 1 is 1.10 bits per heavy atom. The summed E-state index contributed by atoms with van der Waals surface area (Å²) in [6.45, 7) is 0. The molecule has 3 aromatic carbocycles. The van der Waals surface area contributed by atoms with Crippen LogP contribution in [0, 0.1) is 17.1 Å². The van der Waals surface area contributed by atoms with E-state index in [0.717, 1.165) is 5.56 Å². The first kappa shape index (κ1) is 19.2. The predicted molar refractivity (Wildman–Crippen MR) is 108 cm³/mol. The van der Waals surface area contributed by atoms with Crippen LogP contribution in [-0.4, -0.2) is 5.97 Å². The average Bonchev–Trinajstić information content (AvgIpc) is 2.73. The van der Waals surface area contributed by atoms with Gasteiger partial charge >= 0.3 is 5.97 Å². The van der Waals surface area contributed by atoms with Gasteiger partial charge in [0.1, 0.15) is 29.0 Å². The lowest BCUT2D eigenvalue weighted by atomic mass is 9.83. The zero-order valence-corrected chi connectivity index (χ0v) is 15.8. The van der Waals surface area contributed by atoms with Crippen molar-refractivity contribution in [3.05, 3.63) is 107 Å². The SMILES string of the molecule is N#CC1=C(N)Oc2cc(OC(=O)Cc3ccccc3)ccc2C1c1cccc(F)c1. The van der Waals surface area contributed by atoms with Crippen molar-refractivity contribution in [2.24, 2.45) is 5.73 Å². The number of rotatable bonds is 4. The second kappa shape index (κ2) is 8.10. The fourth-order valence-electron chi connectivity index (χ4n) is 3.46. The van der Waals surface area contributed by atoms with Gasteiger partial charge in [0.2, 0.25) is 5.88 Å².